The van der Waals surface area contributed by atoms with Crippen LogP contribution in [0.1, 0.15) is 37.2 Å². The number of nitrogens with zero attached hydrogens (tertiary/aromatic N) is 1. The second-order valence-corrected chi connectivity index (χ2v) is 7.01. The predicted molar refractivity (Wildman–Crippen MR) is 85.8 cm³/mol. The average molecular weight is 299 g/mol. The van der Waals surface area contributed by atoms with Crippen molar-refractivity contribution in [1.82, 2.24) is 4.90 Å². The van der Waals surface area contributed by atoms with Crippen molar-refractivity contribution in [2.24, 2.45) is 11.8 Å². The van der Waals surface area contributed by atoms with Crippen molar-refractivity contribution in [3.05, 3.63) is 35.9 Å². The maximum Gasteiger partial charge on any atom is 0.141 e. The maximum atomic E-state index is 13.0. The first-order valence-corrected chi connectivity index (χ1v) is 8.75. The molecule has 2 aliphatic carbocycles. The zero-order valence-electron chi connectivity index (χ0n) is 13.1. The van der Waals surface area contributed by atoms with E-state index in [1.165, 1.54) is 12.0 Å². The molecule has 4 atom stereocenters. The number of benzene rings is 1. The molecule has 3 heteroatoms. The molecule has 1 aromatic rings. The van der Waals surface area contributed by atoms with Gasteiger partial charge >= 0.3 is 0 Å². The Morgan fingerprint density at radius 3 is 2.45 bits per heavy atom. The van der Waals surface area contributed by atoms with Crippen LogP contribution in [0.4, 0.5) is 0 Å². The van der Waals surface area contributed by atoms with Crippen molar-refractivity contribution in [3.8, 4) is 0 Å². The summed E-state index contributed by atoms with van der Waals surface area (Å²) in [4.78, 5) is 15.5. The summed E-state index contributed by atoms with van der Waals surface area (Å²) in [6.07, 6.45) is 4.54. The Labute approximate surface area is 132 Å². The Bertz CT molecular complexity index is 523. The maximum absolute atomic E-state index is 13.0. The van der Waals surface area contributed by atoms with Gasteiger partial charge in [-0.15, -0.1) is 0 Å². The molecule has 0 N–H and O–H groups in total. The van der Waals surface area contributed by atoms with Crippen LogP contribution < -0.4 is 0 Å². The van der Waals surface area contributed by atoms with Gasteiger partial charge in [-0.05, 0) is 30.7 Å². The largest absolute Gasteiger partial charge is 0.379 e. The molecule has 4 unspecified atom stereocenters. The van der Waals surface area contributed by atoms with E-state index in [1.807, 2.05) is 0 Å². The van der Waals surface area contributed by atoms with Gasteiger partial charge in [0.1, 0.15) is 5.78 Å². The number of fused-ring (bicyclic) bond motifs is 2. The highest BCUT2D eigenvalue weighted by molar-refractivity contribution is 5.86. The fraction of sp³-hybridized carbons (Fsp3) is 0.632. The standard InChI is InChI=1S/C19H25NO2/c21-19-15-7-4-8-16(19)18(20-9-11-22-12-10-20)13-17(15)14-5-2-1-3-6-14/h1-3,5-6,15-18H,4,7-13H2. The number of ketones is 1. The van der Waals surface area contributed by atoms with Gasteiger partial charge in [0, 0.05) is 31.0 Å². The molecule has 3 aliphatic rings. The van der Waals surface area contributed by atoms with Gasteiger partial charge in [-0.2, -0.15) is 0 Å². The zero-order chi connectivity index (χ0) is 14.9. The van der Waals surface area contributed by atoms with E-state index >= 15 is 0 Å². The monoisotopic (exact) mass is 299 g/mol. The molecule has 1 saturated heterocycles. The normalized spacial score (nSPS) is 36.3. The number of hydrogen-bond acceptors (Lipinski definition) is 3. The molecule has 0 radical (unpaired) electrons. The Morgan fingerprint density at radius 1 is 0.955 bits per heavy atom. The van der Waals surface area contributed by atoms with E-state index < -0.39 is 0 Å². The molecular formula is C19H25NO2. The summed E-state index contributed by atoms with van der Waals surface area (Å²) in [6, 6.07) is 11.1. The third kappa shape index (κ3) is 2.50. The third-order valence-corrected chi connectivity index (χ3v) is 5.95. The summed E-state index contributed by atoms with van der Waals surface area (Å²) in [5.74, 6) is 1.50. The van der Waals surface area contributed by atoms with E-state index in [9.17, 15) is 4.79 Å². The second-order valence-electron chi connectivity index (χ2n) is 7.01. The van der Waals surface area contributed by atoms with Crippen LogP contribution in [-0.2, 0) is 9.53 Å². The molecule has 4 rings (SSSR count). The molecular weight excluding hydrogens is 274 g/mol. The van der Waals surface area contributed by atoms with Crippen molar-refractivity contribution in [3.63, 3.8) is 0 Å². The summed E-state index contributed by atoms with van der Waals surface area (Å²) < 4.78 is 5.51. The minimum absolute atomic E-state index is 0.262. The molecule has 22 heavy (non-hydrogen) atoms. The van der Waals surface area contributed by atoms with Crippen LogP contribution in [0, 0.1) is 11.8 Å². The number of ether oxygens (including phenoxy) is 1. The highest BCUT2D eigenvalue weighted by Crippen LogP contribution is 2.47. The summed E-state index contributed by atoms with van der Waals surface area (Å²) >= 11 is 0. The van der Waals surface area contributed by atoms with Crippen molar-refractivity contribution in [2.75, 3.05) is 26.3 Å². The quantitative estimate of drug-likeness (QED) is 0.841. The Kier molecular flexibility index (Phi) is 4.01. The van der Waals surface area contributed by atoms with Crippen LogP contribution in [0.15, 0.2) is 30.3 Å². The van der Waals surface area contributed by atoms with Crippen LogP contribution in [-0.4, -0.2) is 43.0 Å². The van der Waals surface area contributed by atoms with Gasteiger partial charge in [0.05, 0.1) is 13.2 Å². The van der Waals surface area contributed by atoms with Crippen LogP contribution in [0.5, 0.6) is 0 Å². The number of carbonyl (C=O) groups excluding carboxylic acids is 1. The van der Waals surface area contributed by atoms with Crippen LogP contribution >= 0.6 is 0 Å². The van der Waals surface area contributed by atoms with E-state index in [0.29, 0.717) is 17.7 Å². The van der Waals surface area contributed by atoms with Gasteiger partial charge in [-0.25, -0.2) is 0 Å². The molecule has 2 bridgehead atoms. The van der Waals surface area contributed by atoms with E-state index in [1.54, 1.807) is 0 Å². The molecule has 0 amide bonds. The molecule has 0 aromatic heterocycles. The van der Waals surface area contributed by atoms with Gasteiger partial charge in [0.25, 0.3) is 0 Å². The molecule has 118 valence electrons. The smallest absolute Gasteiger partial charge is 0.141 e. The first-order valence-electron chi connectivity index (χ1n) is 8.75. The fourth-order valence-corrected chi connectivity index (χ4v) is 4.87. The molecule has 0 spiro atoms. The van der Waals surface area contributed by atoms with Crippen molar-refractivity contribution in [1.29, 1.82) is 0 Å². The van der Waals surface area contributed by atoms with Gasteiger partial charge < -0.3 is 4.74 Å². The van der Waals surface area contributed by atoms with Crippen molar-refractivity contribution < 1.29 is 9.53 Å². The Morgan fingerprint density at radius 2 is 1.68 bits per heavy atom. The average Bonchev–Trinajstić information content (AvgIpc) is 2.57. The lowest BCUT2D eigenvalue weighted by Gasteiger charge is -2.48. The second kappa shape index (κ2) is 6.13. The first-order chi connectivity index (χ1) is 10.8. The van der Waals surface area contributed by atoms with Crippen molar-refractivity contribution >= 4 is 5.78 Å². The van der Waals surface area contributed by atoms with Gasteiger partial charge in [-0.1, -0.05) is 36.8 Å². The van der Waals surface area contributed by atoms with E-state index in [2.05, 4.69) is 35.2 Å². The zero-order valence-corrected chi connectivity index (χ0v) is 13.1. The SMILES string of the molecule is O=C1C2CCCC1C(N1CCOCC1)CC2c1ccccc1. The lowest BCUT2D eigenvalue weighted by molar-refractivity contribution is -0.138. The number of hydrogen-bond donors (Lipinski definition) is 0. The number of Topliss-reactive ketones (excluding diaryl/α,β-unsaturated/α-hetero) is 1. The van der Waals surface area contributed by atoms with E-state index in [4.69, 9.17) is 4.74 Å². The number of morpholine rings is 1. The molecule has 1 heterocycles. The van der Waals surface area contributed by atoms with E-state index in [0.717, 1.165) is 45.6 Å². The molecule has 2 saturated carbocycles. The molecule has 3 nitrogen and oxygen atoms in total. The lowest BCUT2D eigenvalue weighted by atomic mass is 9.61. The Hall–Kier alpha value is -1.19. The highest BCUT2D eigenvalue weighted by atomic mass is 16.5. The predicted octanol–water partition coefficient (Wildman–Crippen LogP) is 2.86. The van der Waals surface area contributed by atoms with Crippen LogP contribution in [0.2, 0.25) is 0 Å². The summed E-state index contributed by atoms with van der Waals surface area (Å²) in [5, 5.41) is 0. The topological polar surface area (TPSA) is 29.5 Å². The molecule has 1 aromatic carbocycles. The lowest BCUT2D eigenvalue weighted by Crippen LogP contribution is -2.55. The minimum Gasteiger partial charge on any atom is -0.379 e. The Balaban J connectivity index is 1.63. The third-order valence-electron chi connectivity index (χ3n) is 5.95. The van der Waals surface area contributed by atoms with Crippen LogP contribution in [0.3, 0.4) is 0 Å². The van der Waals surface area contributed by atoms with Gasteiger partial charge in [-0.3, -0.25) is 9.69 Å². The number of rotatable bonds is 2. The van der Waals surface area contributed by atoms with Gasteiger partial charge in [0.2, 0.25) is 0 Å². The summed E-state index contributed by atoms with van der Waals surface area (Å²) in [5.41, 5.74) is 1.36. The van der Waals surface area contributed by atoms with E-state index in [-0.39, 0.29) is 11.8 Å². The van der Waals surface area contributed by atoms with Gasteiger partial charge in [0.15, 0.2) is 0 Å². The fourth-order valence-electron chi connectivity index (χ4n) is 4.87. The number of carbonyl (C=O) groups is 1. The summed E-state index contributed by atoms with van der Waals surface area (Å²) in [7, 11) is 0. The minimum atomic E-state index is 0.262. The molecule has 1 aliphatic heterocycles. The van der Waals surface area contributed by atoms with Crippen molar-refractivity contribution in [2.45, 2.75) is 37.6 Å². The summed E-state index contributed by atoms with van der Waals surface area (Å²) in [6.45, 7) is 3.61. The van der Waals surface area contributed by atoms with Crippen LogP contribution in [0.25, 0.3) is 0 Å². The highest BCUT2D eigenvalue weighted by Gasteiger charge is 2.47. The molecule has 3 fully saturated rings. The first kappa shape index (κ1) is 14.4.